The minimum Gasteiger partial charge on any atom is -0.598 e. The summed E-state index contributed by atoms with van der Waals surface area (Å²) in [6.07, 6.45) is 2.09. The average molecular weight is 340 g/mol. The molecule has 2 aromatic carbocycles. The molecule has 0 aliphatic carbocycles. The van der Waals surface area contributed by atoms with Crippen LogP contribution in [0, 0.1) is 0 Å². The number of para-hydroxylation sites is 1. The van der Waals surface area contributed by atoms with E-state index in [1.165, 1.54) is 5.39 Å². The maximum Gasteiger partial charge on any atom is 0.136 e. The van der Waals surface area contributed by atoms with Crippen molar-refractivity contribution in [3.05, 3.63) is 66.4 Å². The van der Waals surface area contributed by atoms with Gasteiger partial charge in [0.15, 0.2) is 0 Å². The number of benzene rings is 2. The van der Waals surface area contributed by atoms with Crippen LogP contribution < -0.4 is 4.72 Å². The molecule has 0 spiro atoms. The molecule has 0 saturated heterocycles. The Hall–Kier alpha value is -1.75. The Labute approximate surface area is 147 Å². The maximum absolute atomic E-state index is 12.3. The van der Waals surface area contributed by atoms with Crippen LogP contribution in [0.4, 0.5) is 0 Å². The first kappa shape index (κ1) is 17.1. The normalized spacial score (nSPS) is 14.7. The van der Waals surface area contributed by atoms with Crippen LogP contribution in [0.5, 0.6) is 0 Å². The molecule has 0 radical (unpaired) electrons. The summed E-state index contributed by atoms with van der Waals surface area (Å²) >= 11 is -1.09. The number of nitrogens with one attached hydrogen (secondary N) is 1. The van der Waals surface area contributed by atoms with E-state index in [4.69, 9.17) is 0 Å². The Morgan fingerprint density at radius 2 is 1.75 bits per heavy atom. The van der Waals surface area contributed by atoms with E-state index in [1.54, 1.807) is 0 Å². The standard InChI is InChI=1S/C20H24N2OS/c1-15(21-24(23)20(2,3)4)17-11-10-16-12-13-22(19(16)14-17)18-8-6-5-7-9-18/h5-15,21H,1-4H3. The van der Waals surface area contributed by atoms with Crippen molar-refractivity contribution in [3.63, 3.8) is 0 Å². The number of fused-ring (bicyclic) bond motifs is 1. The Kier molecular flexibility index (Phi) is 4.72. The molecule has 1 heterocycles. The second-order valence-corrected chi connectivity index (χ2v) is 9.06. The van der Waals surface area contributed by atoms with Gasteiger partial charge in [-0.25, -0.2) is 0 Å². The Morgan fingerprint density at radius 1 is 1.04 bits per heavy atom. The van der Waals surface area contributed by atoms with E-state index in [2.05, 4.69) is 58.8 Å². The van der Waals surface area contributed by atoms with Gasteiger partial charge in [-0.05, 0) is 62.9 Å². The Morgan fingerprint density at radius 3 is 2.42 bits per heavy atom. The van der Waals surface area contributed by atoms with Gasteiger partial charge >= 0.3 is 0 Å². The van der Waals surface area contributed by atoms with Crippen molar-refractivity contribution in [1.29, 1.82) is 0 Å². The first-order valence-electron chi connectivity index (χ1n) is 8.21. The second-order valence-electron chi connectivity index (χ2n) is 7.06. The van der Waals surface area contributed by atoms with Gasteiger partial charge in [-0.15, -0.1) is 4.72 Å². The van der Waals surface area contributed by atoms with E-state index in [0.717, 1.165) is 16.8 Å². The quantitative estimate of drug-likeness (QED) is 0.697. The van der Waals surface area contributed by atoms with Crippen molar-refractivity contribution in [2.24, 2.45) is 0 Å². The third-order valence-electron chi connectivity index (χ3n) is 4.09. The minimum absolute atomic E-state index is 0.0218. The van der Waals surface area contributed by atoms with E-state index in [-0.39, 0.29) is 10.8 Å². The van der Waals surface area contributed by atoms with Crippen molar-refractivity contribution in [1.82, 2.24) is 9.29 Å². The molecule has 0 aliphatic heterocycles. The van der Waals surface area contributed by atoms with Crippen LogP contribution in [0.25, 0.3) is 16.6 Å². The zero-order valence-electron chi connectivity index (χ0n) is 14.6. The number of hydrogen-bond donors (Lipinski definition) is 1. The van der Waals surface area contributed by atoms with E-state index in [9.17, 15) is 4.55 Å². The molecule has 0 amide bonds. The van der Waals surface area contributed by atoms with Gasteiger partial charge in [0.2, 0.25) is 0 Å². The number of aromatic nitrogens is 1. The summed E-state index contributed by atoms with van der Waals surface area (Å²) < 4.78 is 17.5. The molecule has 2 atom stereocenters. The highest BCUT2D eigenvalue weighted by atomic mass is 32.2. The maximum atomic E-state index is 12.3. The van der Waals surface area contributed by atoms with Crippen molar-refractivity contribution in [2.45, 2.75) is 38.5 Å². The van der Waals surface area contributed by atoms with E-state index < -0.39 is 11.4 Å². The van der Waals surface area contributed by atoms with Crippen molar-refractivity contribution in [3.8, 4) is 5.69 Å². The van der Waals surface area contributed by atoms with E-state index >= 15 is 0 Å². The van der Waals surface area contributed by atoms with Gasteiger partial charge in [0.25, 0.3) is 0 Å². The van der Waals surface area contributed by atoms with Gasteiger partial charge in [0, 0.05) is 23.2 Å². The predicted octanol–water partition coefficient (Wildman–Crippen LogP) is 4.74. The van der Waals surface area contributed by atoms with Gasteiger partial charge in [0.05, 0.1) is 11.6 Å². The monoisotopic (exact) mass is 340 g/mol. The van der Waals surface area contributed by atoms with Crippen LogP contribution in [0.3, 0.4) is 0 Å². The molecule has 3 nitrogen and oxygen atoms in total. The van der Waals surface area contributed by atoms with E-state index in [0.29, 0.717) is 0 Å². The van der Waals surface area contributed by atoms with Crippen molar-refractivity contribution >= 4 is 22.3 Å². The fourth-order valence-electron chi connectivity index (χ4n) is 2.63. The molecule has 2 unspecified atom stereocenters. The smallest absolute Gasteiger partial charge is 0.136 e. The van der Waals surface area contributed by atoms with Crippen LogP contribution >= 0.6 is 0 Å². The molecule has 3 aromatic rings. The first-order valence-corrected chi connectivity index (χ1v) is 9.36. The summed E-state index contributed by atoms with van der Waals surface area (Å²) in [7, 11) is 0. The fraction of sp³-hybridized carbons (Fsp3) is 0.300. The first-order chi connectivity index (χ1) is 11.4. The van der Waals surface area contributed by atoms with Gasteiger partial charge in [-0.1, -0.05) is 30.3 Å². The highest BCUT2D eigenvalue weighted by molar-refractivity contribution is 7.90. The molecular weight excluding hydrogens is 316 g/mol. The van der Waals surface area contributed by atoms with Crippen LogP contribution in [0.2, 0.25) is 0 Å². The molecule has 4 heteroatoms. The zero-order chi connectivity index (χ0) is 17.3. The van der Waals surface area contributed by atoms with Crippen LogP contribution in [-0.2, 0) is 11.4 Å². The second kappa shape index (κ2) is 6.63. The third kappa shape index (κ3) is 3.51. The summed E-state index contributed by atoms with van der Waals surface area (Å²) in [5, 5.41) is 1.20. The zero-order valence-corrected chi connectivity index (χ0v) is 15.4. The fourth-order valence-corrected chi connectivity index (χ4v) is 3.44. The van der Waals surface area contributed by atoms with Gasteiger partial charge in [0.1, 0.15) is 4.75 Å². The third-order valence-corrected chi connectivity index (χ3v) is 5.77. The lowest BCUT2D eigenvalue weighted by atomic mass is 10.1. The molecule has 126 valence electrons. The molecule has 0 fully saturated rings. The van der Waals surface area contributed by atoms with Crippen LogP contribution in [-0.4, -0.2) is 13.9 Å². The molecule has 0 aliphatic rings. The van der Waals surface area contributed by atoms with Crippen LogP contribution in [0.15, 0.2) is 60.8 Å². The summed E-state index contributed by atoms with van der Waals surface area (Å²) in [4.78, 5) is 0. The lowest BCUT2D eigenvalue weighted by Crippen LogP contribution is -2.40. The molecule has 1 aromatic heterocycles. The average Bonchev–Trinajstić information content (AvgIpc) is 2.97. The summed E-state index contributed by atoms with van der Waals surface area (Å²) in [5.41, 5.74) is 3.44. The Balaban J connectivity index is 1.93. The Bertz CT molecular complexity index is 821. The highest BCUT2D eigenvalue weighted by Gasteiger charge is 2.28. The van der Waals surface area contributed by atoms with E-state index in [1.807, 2.05) is 39.0 Å². The lowest BCUT2D eigenvalue weighted by molar-refractivity contribution is 0.531. The molecule has 3 rings (SSSR count). The molecule has 24 heavy (non-hydrogen) atoms. The SMILES string of the molecule is CC(N[S+]([O-])C(C)(C)C)c1ccc2ccn(-c3ccccc3)c2c1. The molecule has 1 N–H and O–H groups in total. The van der Waals surface area contributed by atoms with Crippen molar-refractivity contribution in [2.75, 3.05) is 0 Å². The molecular formula is C20H24N2OS. The summed E-state index contributed by atoms with van der Waals surface area (Å²) in [6.45, 7) is 7.99. The molecule has 0 saturated carbocycles. The number of hydrogen-bond acceptors (Lipinski definition) is 2. The number of rotatable bonds is 4. The lowest BCUT2D eigenvalue weighted by Gasteiger charge is -2.26. The van der Waals surface area contributed by atoms with Crippen LogP contribution in [0.1, 0.15) is 39.3 Å². The molecule has 0 bridgehead atoms. The predicted molar refractivity (Wildman–Crippen MR) is 103 cm³/mol. The highest BCUT2D eigenvalue weighted by Crippen LogP contribution is 2.26. The van der Waals surface area contributed by atoms with Gasteiger partial charge in [-0.3, -0.25) is 0 Å². The van der Waals surface area contributed by atoms with Crippen molar-refractivity contribution < 1.29 is 4.55 Å². The summed E-state index contributed by atoms with van der Waals surface area (Å²) in [5.74, 6) is 0. The van der Waals surface area contributed by atoms with Gasteiger partial charge in [-0.2, -0.15) is 0 Å². The minimum atomic E-state index is -1.09. The van der Waals surface area contributed by atoms with Gasteiger partial charge < -0.3 is 9.12 Å². The number of nitrogens with zero attached hydrogens (tertiary/aromatic N) is 1. The largest absolute Gasteiger partial charge is 0.598 e. The topological polar surface area (TPSA) is 40.0 Å². The summed E-state index contributed by atoms with van der Waals surface area (Å²) in [6, 6.07) is 18.9.